The molecule has 0 fully saturated rings. The van der Waals surface area contributed by atoms with E-state index in [-0.39, 0.29) is 26.2 Å². The van der Waals surface area contributed by atoms with Gasteiger partial charge in [0, 0.05) is 5.02 Å². The highest BCUT2D eigenvalue weighted by Gasteiger charge is 2.40. The maximum absolute atomic E-state index is 12.3. The van der Waals surface area contributed by atoms with Crippen molar-refractivity contribution >= 4 is 45.1 Å². The minimum atomic E-state index is -4.48. The quantitative estimate of drug-likeness (QED) is 0.774. The fraction of sp³-hybridized carbons (Fsp3) is 0. The van der Waals surface area contributed by atoms with Crippen LogP contribution in [0.15, 0.2) is 47.4 Å². The van der Waals surface area contributed by atoms with Crippen molar-refractivity contribution in [3.05, 3.63) is 63.6 Å². The lowest BCUT2D eigenvalue weighted by atomic mass is 10.1. The first-order valence-electron chi connectivity index (χ1n) is 6.19. The fourth-order valence-corrected chi connectivity index (χ4v) is 3.69. The molecule has 0 atom stereocenters. The molecule has 0 aromatic heterocycles. The van der Waals surface area contributed by atoms with Gasteiger partial charge in [0.1, 0.15) is 4.90 Å². The molecular weight excluding hydrogens is 365 g/mol. The summed E-state index contributed by atoms with van der Waals surface area (Å²) in [4.78, 5) is 23.8. The number of nitrogens with zero attached hydrogens (tertiary/aromatic N) is 1. The topological polar surface area (TPSA) is 80.8 Å². The highest BCUT2D eigenvalue weighted by atomic mass is 35.5. The van der Waals surface area contributed by atoms with E-state index in [1.54, 1.807) is 12.1 Å². The molecule has 1 aliphatic rings. The third-order valence-corrected chi connectivity index (χ3v) is 4.99. The first kappa shape index (κ1) is 15.9. The van der Waals surface area contributed by atoms with Gasteiger partial charge in [0.2, 0.25) is 0 Å². The average molecular weight is 372 g/mol. The van der Waals surface area contributed by atoms with E-state index in [2.05, 4.69) is 0 Å². The zero-order chi connectivity index (χ0) is 16.8. The predicted molar refractivity (Wildman–Crippen MR) is 81.7 cm³/mol. The van der Waals surface area contributed by atoms with Crippen molar-refractivity contribution in [3.8, 4) is 0 Å². The predicted octanol–water partition coefficient (Wildman–Crippen LogP) is 2.91. The Bertz CT molecular complexity index is 907. The Morgan fingerprint density at radius 2 is 1.48 bits per heavy atom. The molecule has 0 bridgehead atoms. The second-order valence-electron chi connectivity index (χ2n) is 4.55. The summed E-state index contributed by atoms with van der Waals surface area (Å²) in [6.45, 7) is 0. The van der Waals surface area contributed by atoms with Crippen molar-refractivity contribution in [2.75, 3.05) is 0 Å². The smallest absolute Gasteiger partial charge is 0.266 e. The molecule has 0 radical (unpaired) electrons. The van der Waals surface area contributed by atoms with Gasteiger partial charge in [0.15, 0.2) is 0 Å². The summed E-state index contributed by atoms with van der Waals surface area (Å²) in [7, 11) is -4.48. The maximum atomic E-state index is 12.3. The SMILES string of the molecule is O=C1c2ccccc2C(=O)N1OS(=O)(=O)c1ccc(Cl)cc1Cl. The summed E-state index contributed by atoms with van der Waals surface area (Å²) in [6.07, 6.45) is 0. The Balaban J connectivity index is 1.96. The van der Waals surface area contributed by atoms with Gasteiger partial charge < -0.3 is 0 Å². The lowest BCUT2D eigenvalue weighted by Gasteiger charge is -2.13. The third-order valence-electron chi connectivity index (χ3n) is 3.09. The van der Waals surface area contributed by atoms with Crippen LogP contribution >= 0.6 is 23.2 Å². The molecular formula is C14H7Cl2NO5S. The minimum Gasteiger partial charge on any atom is -0.266 e. The van der Waals surface area contributed by atoms with Crippen LogP contribution in [0.5, 0.6) is 0 Å². The summed E-state index contributed by atoms with van der Waals surface area (Å²) < 4.78 is 29.2. The van der Waals surface area contributed by atoms with Gasteiger partial charge in [-0.05, 0) is 30.3 Å². The lowest BCUT2D eigenvalue weighted by Crippen LogP contribution is -2.32. The number of carbonyl (C=O) groups is 2. The Morgan fingerprint density at radius 1 is 0.913 bits per heavy atom. The van der Waals surface area contributed by atoms with Crippen LogP contribution in [-0.2, 0) is 14.4 Å². The Morgan fingerprint density at radius 3 is 2.00 bits per heavy atom. The number of hydroxylamine groups is 2. The highest BCUT2D eigenvalue weighted by Crippen LogP contribution is 2.29. The minimum absolute atomic E-state index is 0.0647. The van der Waals surface area contributed by atoms with Gasteiger partial charge in [0.05, 0.1) is 16.1 Å². The molecule has 1 heterocycles. The standard InChI is InChI=1S/C14H7Cl2NO5S/c15-8-5-6-12(11(16)7-8)23(20,21)22-17-13(18)9-3-1-2-4-10(9)14(17)19/h1-7H. The van der Waals surface area contributed by atoms with Crippen LogP contribution in [0.3, 0.4) is 0 Å². The molecule has 2 aromatic carbocycles. The van der Waals surface area contributed by atoms with E-state index in [1.165, 1.54) is 24.3 Å². The lowest BCUT2D eigenvalue weighted by molar-refractivity contribution is -0.0103. The van der Waals surface area contributed by atoms with Crippen LogP contribution in [0.1, 0.15) is 20.7 Å². The van der Waals surface area contributed by atoms with E-state index in [4.69, 9.17) is 27.5 Å². The van der Waals surface area contributed by atoms with E-state index >= 15 is 0 Å². The van der Waals surface area contributed by atoms with Crippen molar-refractivity contribution in [2.24, 2.45) is 0 Å². The molecule has 0 saturated heterocycles. The summed E-state index contributed by atoms with van der Waals surface area (Å²) in [5.74, 6) is -1.72. The van der Waals surface area contributed by atoms with Crippen LogP contribution in [0.2, 0.25) is 10.0 Å². The molecule has 6 nitrogen and oxygen atoms in total. The number of halogens is 2. The normalized spacial score (nSPS) is 14.3. The number of carbonyl (C=O) groups excluding carboxylic acids is 2. The van der Waals surface area contributed by atoms with E-state index in [1.807, 2.05) is 0 Å². The van der Waals surface area contributed by atoms with Gasteiger partial charge in [-0.2, -0.15) is 8.42 Å². The number of fused-ring (bicyclic) bond motifs is 1. The van der Waals surface area contributed by atoms with Gasteiger partial charge in [-0.15, -0.1) is 9.35 Å². The molecule has 0 unspecified atom stereocenters. The Labute approximate surface area is 141 Å². The summed E-state index contributed by atoms with van der Waals surface area (Å²) >= 11 is 11.5. The fourth-order valence-electron chi connectivity index (χ4n) is 2.05. The average Bonchev–Trinajstić information content (AvgIpc) is 2.72. The van der Waals surface area contributed by atoms with Crippen molar-refractivity contribution in [3.63, 3.8) is 0 Å². The summed E-state index contributed by atoms with van der Waals surface area (Å²) in [5.41, 5.74) is 0.129. The Kier molecular flexibility index (Phi) is 3.89. The Hall–Kier alpha value is -1.93. The van der Waals surface area contributed by atoms with Gasteiger partial charge in [0.25, 0.3) is 11.8 Å². The van der Waals surface area contributed by atoms with Crippen molar-refractivity contribution in [2.45, 2.75) is 4.90 Å². The number of hydrogen-bond donors (Lipinski definition) is 0. The first-order valence-corrected chi connectivity index (χ1v) is 8.35. The van der Waals surface area contributed by atoms with Gasteiger partial charge in [-0.3, -0.25) is 9.59 Å². The number of rotatable bonds is 3. The zero-order valence-corrected chi connectivity index (χ0v) is 13.5. The van der Waals surface area contributed by atoms with E-state index < -0.39 is 26.8 Å². The van der Waals surface area contributed by atoms with Crippen LogP contribution in [0.25, 0.3) is 0 Å². The van der Waals surface area contributed by atoms with E-state index in [9.17, 15) is 18.0 Å². The van der Waals surface area contributed by atoms with Gasteiger partial charge in [-0.1, -0.05) is 35.3 Å². The molecule has 9 heteroatoms. The van der Waals surface area contributed by atoms with Crippen LogP contribution in [0, 0.1) is 0 Å². The maximum Gasteiger partial charge on any atom is 0.319 e. The summed E-state index contributed by atoms with van der Waals surface area (Å²) in [6, 6.07) is 9.55. The molecule has 0 spiro atoms. The first-order chi connectivity index (χ1) is 10.8. The molecule has 23 heavy (non-hydrogen) atoms. The third kappa shape index (κ3) is 2.72. The highest BCUT2D eigenvalue weighted by molar-refractivity contribution is 7.86. The van der Waals surface area contributed by atoms with Crippen molar-refractivity contribution < 1.29 is 22.3 Å². The molecule has 2 amide bonds. The van der Waals surface area contributed by atoms with E-state index in [0.29, 0.717) is 0 Å². The molecule has 0 saturated carbocycles. The van der Waals surface area contributed by atoms with E-state index in [0.717, 1.165) is 6.07 Å². The zero-order valence-electron chi connectivity index (χ0n) is 11.2. The van der Waals surface area contributed by atoms with Gasteiger partial charge >= 0.3 is 10.1 Å². The van der Waals surface area contributed by atoms with Crippen LogP contribution < -0.4 is 0 Å². The molecule has 3 rings (SSSR count). The number of amides is 2. The van der Waals surface area contributed by atoms with Crippen LogP contribution in [0.4, 0.5) is 0 Å². The molecule has 0 N–H and O–H groups in total. The number of benzene rings is 2. The number of imide groups is 1. The van der Waals surface area contributed by atoms with Crippen molar-refractivity contribution in [1.82, 2.24) is 5.06 Å². The molecule has 0 aliphatic carbocycles. The largest absolute Gasteiger partial charge is 0.319 e. The van der Waals surface area contributed by atoms with Crippen molar-refractivity contribution in [1.29, 1.82) is 0 Å². The van der Waals surface area contributed by atoms with Crippen LogP contribution in [-0.4, -0.2) is 25.3 Å². The monoisotopic (exact) mass is 371 g/mol. The summed E-state index contributed by atoms with van der Waals surface area (Å²) in [5, 5.41) is 0.245. The number of hydrogen-bond acceptors (Lipinski definition) is 5. The second-order valence-corrected chi connectivity index (χ2v) is 6.89. The van der Waals surface area contributed by atoms with Gasteiger partial charge in [-0.25, -0.2) is 0 Å². The molecule has 118 valence electrons. The second kappa shape index (κ2) is 5.61. The molecule has 2 aromatic rings. The molecule has 1 aliphatic heterocycles.